The number of halogens is 1. The minimum atomic E-state index is -2.60. The van der Waals surface area contributed by atoms with Gasteiger partial charge in [0.15, 0.2) is 5.82 Å². The molecule has 356 valence electrons. The lowest BCUT2D eigenvalue weighted by Gasteiger charge is -2.39. The summed E-state index contributed by atoms with van der Waals surface area (Å²) in [6.07, 6.45) is 6.18. The van der Waals surface area contributed by atoms with Crippen LogP contribution >= 0.6 is 7.14 Å². The molecule has 0 spiro atoms. The maximum atomic E-state index is 15.6. The number of fused-ring (bicyclic) bond motifs is 2. The van der Waals surface area contributed by atoms with Gasteiger partial charge < -0.3 is 23.7 Å². The van der Waals surface area contributed by atoms with Gasteiger partial charge in [-0.15, -0.1) is 0 Å². The quantitative estimate of drug-likeness (QED) is 0.127. The molecular formula is C51H59FN9O6P. The first-order valence-electron chi connectivity index (χ1n) is 23.8. The first-order chi connectivity index (χ1) is 32.4. The molecule has 3 unspecified atom stereocenters. The molecule has 0 radical (unpaired) electrons. The van der Waals surface area contributed by atoms with E-state index in [1.165, 1.54) is 0 Å². The summed E-state index contributed by atoms with van der Waals surface area (Å²) in [5.41, 5.74) is 5.14. The lowest BCUT2D eigenvalue weighted by molar-refractivity contribution is -0.0276. The Morgan fingerprint density at radius 3 is 2.28 bits per heavy atom. The second-order valence-corrected chi connectivity index (χ2v) is 23.1. The van der Waals surface area contributed by atoms with Crippen molar-refractivity contribution in [3.8, 4) is 17.2 Å². The van der Waals surface area contributed by atoms with Crippen molar-refractivity contribution in [1.29, 1.82) is 0 Å². The first kappa shape index (κ1) is 45.5. The number of imidazole rings is 1. The molecule has 0 bridgehead atoms. The molecule has 1 aliphatic carbocycles. The third-order valence-corrected chi connectivity index (χ3v) is 18.2. The van der Waals surface area contributed by atoms with E-state index in [1.54, 1.807) is 52.2 Å². The highest BCUT2D eigenvalue weighted by Gasteiger charge is 2.59. The zero-order valence-electron chi connectivity index (χ0n) is 40.2. The average Bonchev–Trinajstić information content (AvgIpc) is 3.82. The minimum Gasteiger partial charge on any atom is -0.372 e. The van der Waals surface area contributed by atoms with E-state index in [-0.39, 0.29) is 28.9 Å². The van der Waals surface area contributed by atoms with Gasteiger partial charge in [-0.2, -0.15) is 5.10 Å². The number of aryl methyl sites for hydroxylation is 3. The van der Waals surface area contributed by atoms with Gasteiger partial charge in [-0.05, 0) is 125 Å². The number of carbonyl (C=O) groups excluding carboxylic acids is 1. The SMILES string of the molecule is CCc1cc(-n2ccn(-c3c4c(nn3-c3cc(C)c(F)c(C)c3)CCN(C(=O)c3cc5cc(N6CCOC(C)(C)C6)ccc5n3C3(c5noc(=O)[nH]5)CC3C)C4C)c2=O)ccc1P(=O)(CC)CC. The Kier molecular flexibility index (Phi) is 11.0. The number of morpholine rings is 1. The zero-order valence-corrected chi connectivity index (χ0v) is 41.1. The number of hydrogen-bond acceptors (Lipinski definition) is 9. The van der Waals surface area contributed by atoms with Crippen LogP contribution in [0.4, 0.5) is 10.1 Å². The molecule has 15 nitrogen and oxygen atoms in total. The molecule has 3 aromatic carbocycles. The summed E-state index contributed by atoms with van der Waals surface area (Å²) >= 11 is 0. The summed E-state index contributed by atoms with van der Waals surface area (Å²) in [6.45, 7) is 19.9. The molecule has 6 heterocycles. The largest absolute Gasteiger partial charge is 0.438 e. The number of amides is 1. The monoisotopic (exact) mass is 943 g/mol. The summed E-state index contributed by atoms with van der Waals surface area (Å²) in [7, 11) is -2.60. The van der Waals surface area contributed by atoms with E-state index in [4.69, 9.17) is 14.4 Å². The second-order valence-electron chi connectivity index (χ2n) is 19.5. The van der Waals surface area contributed by atoms with Crippen LogP contribution in [-0.4, -0.2) is 88.6 Å². The Morgan fingerprint density at radius 2 is 1.63 bits per heavy atom. The van der Waals surface area contributed by atoms with Gasteiger partial charge in [-0.1, -0.05) is 32.9 Å². The molecule has 3 atom stereocenters. The molecule has 4 aromatic heterocycles. The van der Waals surface area contributed by atoms with E-state index in [9.17, 15) is 14.2 Å². The number of nitrogens with one attached hydrogen (secondary N) is 1. The van der Waals surface area contributed by atoms with Gasteiger partial charge in [0.05, 0.1) is 35.3 Å². The number of rotatable bonds is 11. The van der Waals surface area contributed by atoms with Gasteiger partial charge in [0.25, 0.3) is 5.91 Å². The van der Waals surface area contributed by atoms with Gasteiger partial charge in [-0.3, -0.25) is 23.4 Å². The lowest BCUT2D eigenvalue weighted by atomic mass is 9.98. The van der Waals surface area contributed by atoms with Crippen LogP contribution in [0.2, 0.25) is 0 Å². The van der Waals surface area contributed by atoms with Crippen molar-refractivity contribution in [3.63, 3.8) is 0 Å². The number of hydrogen-bond donors (Lipinski definition) is 1. The van der Waals surface area contributed by atoms with Crippen LogP contribution in [0.15, 0.2) is 81.1 Å². The summed E-state index contributed by atoms with van der Waals surface area (Å²) in [4.78, 5) is 49.9. The molecule has 17 heteroatoms. The molecule has 3 aliphatic rings. The Bertz CT molecular complexity index is 3300. The fourth-order valence-electron chi connectivity index (χ4n) is 11.0. The molecule has 2 fully saturated rings. The smallest absolute Gasteiger partial charge is 0.372 e. The third kappa shape index (κ3) is 7.16. The van der Waals surface area contributed by atoms with Crippen LogP contribution in [0.5, 0.6) is 0 Å². The van der Waals surface area contributed by atoms with Crippen molar-refractivity contribution in [1.82, 2.24) is 38.5 Å². The standard InChI is InChI=1S/C51H59FN9O6P/c1-10-34-25-37(14-16-42(34)68(65,11-2)12-3)58-19-20-59(49(58)64)45-43-33(7)57(18-17-39(43)54-61(45)38-23-30(4)44(52)31(5)24-38)46(62)41-27-35-26-36(56-21-22-66-50(8,9)29-56)13-15-40(35)60(41)51(28-32(51)6)47-53-48(63)67-55-47/h13-16,19-20,23-27,32-33H,10-12,17-18,21-22,28-29H2,1-9H3,(H,53,55,63). The maximum absolute atomic E-state index is 15.6. The predicted molar refractivity (Wildman–Crippen MR) is 261 cm³/mol. The number of nitrogens with zero attached hydrogens (tertiary/aromatic N) is 8. The van der Waals surface area contributed by atoms with Crippen molar-refractivity contribution in [3.05, 3.63) is 133 Å². The van der Waals surface area contributed by atoms with Crippen LogP contribution in [-0.2, 0) is 27.7 Å². The molecular weight excluding hydrogens is 885 g/mol. The highest BCUT2D eigenvalue weighted by molar-refractivity contribution is 7.71. The van der Waals surface area contributed by atoms with Crippen molar-refractivity contribution < 1.29 is 23.0 Å². The Hall–Kier alpha value is -6.25. The van der Waals surface area contributed by atoms with Crippen molar-refractivity contribution in [2.24, 2.45) is 5.92 Å². The Balaban J connectivity index is 1.11. The highest BCUT2D eigenvalue weighted by Crippen LogP contribution is 2.56. The number of anilines is 1. The summed E-state index contributed by atoms with van der Waals surface area (Å²) < 4.78 is 47.1. The van der Waals surface area contributed by atoms with Crippen molar-refractivity contribution >= 4 is 34.9 Å². The molecule has 1 saturated heterocycles. The zero-order chi connectivity index (χ0) is 48.2. The fourth-order valence-corrected chi connectivity index (χ4v) is 13.3. The van der Waals surface area contributed by atoms with Crippen LogP contribution in [0.1, 0.15) is 105 Å². The molecule has 68 heavy (non-hydrogen) atoms. The molecule has 1 N–H and O–H groups in total. The number of H-pyrrole nitrogens is 1. The molecule has 1 saturated carbocycles. The van der Waals surface area contributed by atoms with Crippen LogP contribution in [0.3, 0.4) is 0 Å². The topological polar surface area (TPSA) is 158 Å². The van der Waals surface area contributed by atoms with Crippen LogP contribution in [0.25, 0.3) is 28.1 Å². The fraction of sp³-hybridized carbons (Fsp3) is 0.431. The first-order valence-corrected chi connectivity index (χ1v) is 25.8. The van der Waals surface area contributed by atoms with Gasteiger partial charge >= 0.3 is 11.4 Å². The number of aromatic nitrogens is 7. The van der Waals surface area contributed by atoms with Gasteiger partial charge in [0.2, 0.25) is 0 Å². The van der Waals surface area contributed by atoms with E-state index in [2.05, 4.69) is 47.9 Å². The van der Waals surface area contributed by atoms with E-state index in [0.29, 0.717) is 96.7 Å². The number of aromatic amines is 1. The molecule has 2 aliphatic heterocycles. The van der Waals surface area contributed by atoms with E-state index in [1.807, 2.05) is 67.5 Å². The van der Waals surface area contributed by atoms with Crippen molar-refractivity contribution in [2.75, 3.05) is 43.5 Å². The van der Waals surface area contributed by atoms with Crippen LogP contribution in [0, 0.1) is 25.6 Å². The second kappa shape index (κ2) is 16.5. The van der Waals surface area contributed by atoms with E-state index in [0.717, 1.165) is 39.7 Å². The van der Waals surface area contributed by atoms with Crippen LogP contribution < -0.4 is 21.7 Å². The van der Waals surface area contributed by atoms with E-state index < -0.39 is 24.5 Å². The molecule has 7 aromatic rings. The predicted octanol–water partition coefficient (Wildman–Crippen LogP) is 7.95. The summed E-state index contributed by atoms with van der Waals surface area (Å²) in [5.74, 6) is -0.416. The normalized spacial score (nSPS) is 20.3. The number of carbonyl (C=O) groups is 1. The van der Waals surface area contributed by atoms with Crippen molar-refractivity contribution in [2.45, 2.75) is 98.8 Å². The lowest BCUT2D eigenvalue weighted by Crippen LogP contribution is -2.48. The molecule has 1 amide bonds. The molecule has 10 rings (SSSR count). The van der Waals surface area contributed by atoms with Gasteiger partial charge in [-0.25, -0.2) is 18.7 Å². The minimum absolute atomic E-state index is 0.00581. The Morgan fingerprint density at radius 1 is 0.926 bits per heavy atom. The summed E-state index contributed by atoms with van der Waals surface area (Å²) in [6, 6.07) is 16.7. The highest BCUT2D eigenvalue weighted by atomic mass is 31.2. The Labute approximate surface area is 393 Å². The van der Waals surface area contributed by atoms with Gasteiger partial charge in [0, 0.05) is 78.2 Å². The summed E-state index contributed by atoms with van der Waals surface area (Å²) in [5, 5.41) is 11.0. The third-order valence-electron chi connectivity index (χ3n) is 14.9. The average molecular weight is 944 g/mol. The van der Waals surface area contributed by atoms with E-state index >= 15 is 9.18 Å². The number of benzene rings is 3. The maximum Gasteiger partial charge on any atom is 0.438 e. The van der Waals surface area contributed by atoms with Gasteiger partial charge in [0.1, 0.15) is 30.0 Å². The number of ether oxygens (including phenoxy) is 1.